The fourth-order valence-electron chi connectivity index (χ4n) is 2.15. The predicted octanol–water partition coefficient (Wildman–Crippen LogP) is 2.84. The lowest BCUT2D eigenvalue weighted by molar-refractivity contribution is 0.620. The molecule has 0 amide bonds. The molecular formula is C15H13ClN4. The van der Waals surface area contributed by atoms with E-state index in [9.17, 15) is 0 Å². The molecule has 1 unspecified atom stereocenters. The third-order valence-corrected chi connectivity index (χ3v) is 3.35. The molecule has 2 aromatic carbocycles. The van der Waals surface area contributed by atoms with Crippen molar-refractivity contribution in [1.82, 2.24) is 15.4 Å². The van der Waals surface area contributed by atoms with Crippen LogP contribution in [-0.4, -0.2) is 9.97 Å². The van der Waals surface area contributed by atoms with E-state index in [-0.39, 0.29) is 6.04 Å². The molecule has 1 heterocycles. The highest BCUT2D eigenvalue weighted by Gasteiger charge is 2.15. The molecule has 0 saturated carbocycles. The fraction of sp³-hybridized carbons (Fsp3) is 0.0667. The van der Waals surface area contributed by atoms with Crippen LogP contribution in [0.15, 0.2) is 54.7 Å². The normalized spacial score (nSPS) is 12.5. The second-order valence-electron chi connectivity index (χ2n) is 4.44. The quantitative estimate of drug-likeness (QED) is 0.573. The number of nitrogens with zero attached hydrogens (tertiary/aromatic N) is 2. The molecule has 1 aromatic heterocycles. The van der Waals surface area contributed by atoms with Gasteiger partial charge < -0.3 is 0 Å². The maximum Gasteiger partial charge on any atom is 0.0897 e. The standard InChI is InChI=1S/C15H13ClN4/c16-11-5-3-4-10(8-11)15(20-17)14-9-18-12-6-1-2-7-13(12)19-14/h1-9,15,20H,17H2. The van der Waals surface area contributed by atoms with Gasteiger partial charge in [0.05, 0.1) is 29.0 Å². The zero-order valence-electron chi connectivity index (χ0n) is 10.6. The fourth-order valence-corrected chi connectivity index (χ4v) is 2.35. The molecule has 0 saturated heterocycles. The van der Waals surface area contributed by atoms with Gasteiger partial charge in [-0.3, -0.25) is 10.8 Å². The van der Waals surface area contributed by atoms with E-state index >= 15 is 0 Å². The summed E-state index contributed by atoms with van der Waals surface area (Å²) in [5, 5.41) is 0.663. The Balaban J connectivity index is 2.07. The number of hydrogen-bond acceptors (Lipinski definition) is 4. The van der Waals surface area contributed by atoms with Gasteiger partial charge >= 0.3 is 0 Å². The molecule has 3 rings (SSSR count). The van der Waals surface area contributed by atoms with Crippen molar-refractivity contribution < 1.29 is 0 Å². The van der Waals surface area contributed by atoms with Crippen LogP contribution in [0.3, 0.4) is 0 Å². The predicted molar refractivity (Wildman–Crippen MR) is 80.2 cm³/mol. The number of para-hydroxylation sites is 2. The highest BCUT2D eigenvalue weighted by molar-refractivity contribution is 6.30. The molecule has 0 aliphatic carbocycles. The topological polar surface area (TPSA) is 63.8 Å². The Morgan fingerprint density at radius 2 is 1.85 bits per heavy atom. The highest BCUT2D eigenvalue weighted by Crippen LogP contribution is 2.23. The van der Waals surface area contributed by atoms with Gasteiger partial charge in [0, 0.05) is 5.02 Å². The second kappa shape index (κ2) is 5.54. The zero-order chi connectivity index (χ0) is 13.9. The molecule has 0 fully saturated rings. The van der Waals surface area contributed by atoms with E-state index < -0.39 is 0 Å². The molecule has 1 atom stereocenters. The van der Waals surface area contributed by atoms with Crippen molar-refractivity contribution in [1.29, 1.82) is 0 Å². The van der Waals surface area contributed by atoms with Gasteiger partial charge in [-0.05, 0) is 29.8 Å². The Hall–Kier alpha value is -2.01. The van der Waals surface area contributed by atoms with E-state index in [1.807, 2.05) is 48.5 Å². The minimum atomic E-state index is -0.245. The molecule has 0 aliphatic heterocycles. The Morgan fingerprint density at radius 1 is 1.05 bits per heavy atom. The lowest BCUT2D eigenvalue weighted by Gasteiger charge is -2.16. The number of nitrogens with two attached hydrogens (primary N) is 1. The summed E-state index contributed by atoms with van der Waals surface area (Å²) in [6.45, 7) is 0. The maximum absolute atomic E-state index is 6.02. The van der Waals surface area contributed by atoms with E-state index in [0.717, 1.165) is 22.3 Å². The van der Waals surface area contributed by atoms with Gasteiger partial charge in [0.15, 0.2) is 0 Å². The van der Waals surface area contributed by atoms with E-state index in [2.05, 4.69) is 15.4 Å². The third kappa shape index (κ3) is 2.49. The Labute approximate surface area is 121 Å². The van der Waals surface area contributed by atoms with E-state index in [1.54, 1.807) is 6.20 Å². The first kappa shape index (κ1) is 13.0. The zero-order valence-corrected chi connectivity index (χ0v) is 11.4. The van der Waals surface area contributed by atoms with Crippen LogP contribution < -0.4 is 11.3 Å². The molecule has 5 heteroatoms. The summed E-state index contributed by atoms with van der Waals surface area (Å²) >= 11 is 6.02. The number of hydrogen-bond donors (Lipinski definition) is 2. The van der Waals surface area contributed by atoms with Crippen molar-refractivity contribution in [2.75, 3.05) is 0 Å². The number of fused-ring (bicyclic) bond motifs is 1. The lowest BCUT2D eigenvalue weighted by atomic mass is 10.0. The number of benzene rings is 2. The molecule has 0 spiro atoms. The average molecular weight is 285 g/mol. The van der Waals surface area contributed by atoms with Gasteiger partial charge in [-0.1, -0.05) is 35.9 Å². The smallest absolute Gasteiger partial charge is 0.0897 e. The molecular weight excluding hydrogens is 272 g/mol. The molecule has 0 aliphatic rings. The maximum atomic E-state index is 6.02. The van der Waals surface area contributed by atoms with Crippen molar-refractivity contribution in [2.24, 2.45) is 5.84 Å². The van der Waals surface area contributed by atoms with Crippen LogP contribution in [0.25, 0.3) is 11.0 Å². The summed E-state index contributed by atoms with van der Waals surface area (Å²) in [5.74, 6) is 5.67. The third-order valence-electron chi connectivity index (χ3n) is 3.11. The molecule has 0 radical (unpaired) electrons. The van der Waals surface area contributed by atoms with Crippen molar-refractivity contribution in [2.45, 2.75) is 6.04 Å². The van der Waals surface area contributed by atoms with Crippen molar-refractivity contribution in [3.05, 3.63) is 71.0 Å². The first-order valence-corrected chi connectivity index (χ1v) is 6.59. The summed E-state index contributed by atoms with van der Waals surface area (Å²) in [6, 6.07) is 15.0. The largest absolute Gasteiger partial charge is 0.271 e. The van der Waals surface area contributed by atoms with Gasteiger partial charge in [0.25, 0.3) is 0 Å². The summed E-state index contributed by atoms with van der Waals surface area (Å²) in [4.78, 5) is 9.01. The molecule has 0 bridgehead atoms. The molecule has 3 aromatic rings. The number of hydrazine groups is 1. The summed E-state index contributed by atoms with van der Waals surface area (Å²) in [7, 11) is 0. The average Bonchev–Trinajstić information content (AvgIpc) is 2.48. The Morgan fingerprint density at radius 3 is 2.60 bits per heavy atom. The summed E-state index contributed by atoms with van der Waals surface area (Å²) < 4.78 is 0. The highest BCUT2D eigenvalue weighted by atomic mass is 35.5. The SMILES string of the molecule is NNC(c1cccc(Cl)c1)c1cnc2ccccc2n1. The van der Waals surface area contributed by atoms with Crippen molar-refractivity contribution in [3.8, 4) is 0 Å². The number of halogens is 1. The molecule has 100 valence electrons. The first-order chi connectivity index (χ1) is 9.78. The Kier molecular flexibility index (Phi) is 3.60. The molecule has 20 heavy (non-hydrogen) atoms. The number of nitrogens with one attached hydrogen (secondary N) is 1. The molecule has 3 N–H and O–H groups in total. The second-order valence-corrected chi connectivity index (χ2v) is 4.87. The van der Waals surface area contributed by atoms with Crippen LogP contribution in [0, 0.1) is 0 Å². The van der Waals surface area contributed by atoms with Crippen LogP contribution >= 0.6 is 11.6 Å². The monoisotopic (exact) mass is 284 g/mol. The van der Waals surface area contributed by atoms with E-state index in [0.29, 0.717) is 5.02 Å². The summed E-state index contributed by atoms with van der Waals surface area (Å²) in [6.07, 6.45) is 1.73. The van der Waals surface area contributed by atoms with Gasteiger partial charge in [-0.25, -0.2) is 10.4 Å². The van der Waals surface area contributed by atoms with E-state index in [1.165, 1.54) is 0 Å². The van der Waals surface area contributed by atoms with E-state index in [4.69, 9.17) is 17.4 Å². The van der Waals surface area contributed by atoms with Crippen LogP contribution in [0.5, 0.6) is 0 Å². The van der Waals surface area contributed by atoms with Crippen LogP contribution in [-0.2, 0) is 0 Å². The minimum absolute atomic E-state index is 0.245. The minimum Gasteiger partial charge on any atom is -0.271 e. The Bertz CT molecular complexity index is 745. The van der Waals surface area contributed by atoms with Crippen LogP contribution in [0.4, 0.5) is 0 Å². The van der Waals surface area contributed by atoms with Gasteiger partial charge in [0.2, 0.25) is 0 Å². The van der Waals surface area contributed by atoms with Crippen LogP contribution in [0.1, 0.15) is 17.3 Å². The van der Waals surface area contributed by atoms with Gasteiger partial charge in [0.1, 0.15) is 0 Å². The van der Waals surface area contributed by atoms with Crippen molar-refractivity contribution in [3.63, 3.8) is 0 Å². The molecule has 4 nitrogen and oxygen atoms in total. The number of rotatable bonds is 3. The van der Waals surface area contributed by atoms with Crippen LogP contribution in [0.2, 0.25) is 5.02 Å². The van der Waals surface area contributed by atoms with Gasteiger partial charge in [-0.15, -0.1) is 0 Å². The van der Waals surface area contributed by atoms with Gasteiger partial charge in [-0.2, -0.15) is 0 Å². The summed E-state index contributed by atoms with van der Waals surface area (Å²) in [5.41, 5.74) is 6.17. The number of aromatic nitrogens is 2. The lowest BCUT2D eigenvalue weighted by Crippen LogP contribution is -2.29. The van der Waals surface area contributed by atoms with Crippen molar-refractivity contribution >= 4 is 22.6 Å². The first-order valence-electron chi connectivity index (χ1n) is 6.21.